The molecule has 1 heterocycles. The summed E-state index contributed by atoms with van der Waals surface area (Å²) in [5.74, 6) is 1.75. The average molecular weight is 235 g/mol. The van der Waals surface area contributed by atoms with E-state index in [0.717, 1.165) is 18.4 Å². The number of guanidine groups is 1. The van der Waals surface area contributed by atoms with Gasteiger partial charge in [0, 0.05) is 6.04 Å². The highest BCUT2D eigenvalue weighted by atomic mass is 15.4. The van der Waals surface area contributed by atoms with Crippen LogP contribution in [0.2, 0.25) is 0 Å². The van der Waals surface area contributed by atoms with Gasteiger partial charge in [-0.25, -0.2) is 0 Å². The average Bonchev–Trinajstić information content (AvgIpc) is 2.82. The predicted molar refractivity (Wildman–Crippen MR) is 70.9 cm³/mol. The van der Waals surface area contributed by atoms with Gasteiger partial charge in [-0.15, -0.1) is 0 Å². The molecule has 1 atom stereocenters. The Kier molecular flexibility index (Phi) is 2.80. The molecule has 1 unspecified atom stereocenters. The second-order valence-electron chi connectivity index (χ2n) is 6.48. The van der Waals surface area contributed by atoms with E-state index in [-0.39, 0.29) is 5.54 Å². The van der Waals surface area contributed by atoms with E-state index in [9.17, 15) is 0 Å². The van der Waals surface area contributed by atoms with Gasteiger partial charge in [-0.1, -0.05) is 32.1 Å². The van der Waals surface area contributed by atoms with Gasteiger partial charge in [0.15, 0.2) is 5.96 Å². The van der Waals surface area contributed by atoms with Crippen LogP contribution in [0.4, 0.5) is 0 Å². The topological polar surface area (TPSA) is 41.6 Å². The van der Waals surface area contributed by atoms with Crippen LogP contribution in [-0.2, 0) is 0 Å². The minimum atomic E-state index is 0.226. The van der Waals surface area contributed by atoms with Crippen LogP contribution in [0.25, 0.3) is 0 Å². The lowest BCUT2D eigenvalue weighted by Crippen LogP contribution is -2.55. The molecule has 0 aromatic rings. The van der Waals surface area contributed by atoms with Gasteiger partial charge in [0.2, 0.25) is 0 Å². The van der Waals surface area contributed by atoms with Crippen LogP contribution in [-0.4, -0.2) is 29.0 Å². The van der Waals surface area contributed by atoms with Gasteiger partial charge in [-0.3, -0.25) is 4.99 Å². The highest BCUT2D eigenvalue weighted by molar-refractivity contribution is 5.81. The third-order valence-corrected chi connectivity index (χ3v) is 5.05. The maximum absolute atomic E-state index is 6.15. The normalized spacial score (nSPS) is 35.1. The van der Waals surface area contributed by atoms with Gasteiger partial charge in [0.25, 0.3) is 0 Å². The molecule has 3 rings (SSSR count). The second kappa shape index (κ2) is 4.18. The summed E-state index contributed by atoms with van der Waals surface area (Å²) in [4.78, 5) is 7.03. The Hall–Kier alpha value is -0.730. The first-order chi connectivity index (χ1) is 8.19. The van der Waals surface area contributed by atoms with Crippen molar-refractivity contribution in [2.24, 2.45) is 16.6 Å². The van der Waals surface area contributed by atoms with Crippen LogP contribution in [0.3, 0.4) is 0 Å². The number of nitrogens with two attached hydrogens (primary N) is 1. The number of aliphatic imine (C=N–C) groups is 1. The molecule has 3 aliphatic rings. The zero-order valence-electron chi connectivity index (χ0n) is 11.0. The second-order valence-corrected chi connectivity index (χ2v) is 6.48. The third-order valence-electron chi connectivity index (χ3n) is 5.05. The van der Waals surface area contributed by atoms with E-state index in [0.29, 0.717) is 6.04 Å². The van der Waals surface area contributed by atoms with Crippen molar-refractivity contribution >= 4 is 5.96 Å². The van der Waals surface area contributed by atoms with E-state index in [1.165, 1.54) is 51.4 Å². The fraction of sp³-hybridized carbons (Fsp3) is 0.929. The van der Waals surface area contributed by atoms with E-state index in [1.807, 2.05) is 0 Å². The standard InChI is InChI=1S/C14H25N3/c1-14(9-11-5-4-6-11)10-16-13(15)17(14)12-7-2-3-8-12/h11-12H,2-10H2,1H3,(H2,15,16). The summed E-state index contributed by atoms with van der Waals surface area (Å²) in [6.45, 7) is 3.30. The van der Waals surface area contributed by atoms with Gasteiger partial charge in [0.05, 0.1) is 12.1 Å². The van der Waals surface area contributed by atoms with Crippen LogP contribution in [0.15, 0.2) is 4.99 Å². The molecule has 96 valence electrons. The van der Waals surface area contributed by atoms with Crippen molar-refractivity contribution in [3.05, 3.63) is 0 Å². The van der Waals surface area contributed by atoms with Crippen molar-refractivity contribution in [2.75, 3.05) is 6.54 Å². The van der Waals surface area contributed by atoms with Gasteiger partial charge in [-0.05, 0) is 32.1 Å². The maximum Gasteiger partial charge on any atom is 0.192 e. The summed E-state index contributed by atoms with van der Waals surface area (Å²) in [6.07, 6.45) is 10.9. The maximum atomic E-state index is 6.15. The Bertz CT molecular complexity index is 315. The Morgan fingerprint density at radius 2 is 1.94 bits per heavy atom. The SMILES string of the molecule is CC1(CC2CCC2)CN=C(N)N1C1CCCC1. The van der Waals surface area contributed by atoms with Crippen molar-refractivity contribution in [3.8, 4) is 0 Å². The molecule has 1 aliphatic heterocycles. The van der Waals surface area contributed by atoms with Gasteiger partial charge < -0.3 is 10.6 Å². The summed E-state index contributed by atoms with van der Waals surface area (Å²) in [5, 5.41) is 0. The molecule has 0 radical (unpaired) electrons. The van der Waals surface area contributed by atoms with E-state index >= 15 is 0 Å². The lowest BCUT2D eigenvalue weighted by molar-refractivity contribution is 0.111. The molecule has 3 nitrogen and oxygen atoms in total. The molecule has 3 heteroatoms. The lowest BCUT2D eigenvalue weighted by atomic mass is 9.76. The molecule has 0 saturated heterocycles. The molecule has 2 N–H and O–H groups in total. The van der Waals surface area contributed by atoms with Gasteiger partial charge >= 0.3 is 0 Å². The summed E-state index contributed by atoms with van der Waals surface area (Å²) in [5.41, 5.74) is 6.37. The number of hydrogen-bond donors (Lipinski definition) is 1. The van der Waals surface area contributed by atoms with Crippen LogP contribution < -0.4 is 5.73 Å². The minimum absolute atomic E-state index is 0.226. The fourth-order valence-corrected chi connectivity index (χ4v) is 3.95. The number of nitrogens with zero attached hydrogens (tertiary/aromatic N) is 2. The van der Waals surface area contributed by atoms with Crippen LogP contribution in [0.5, 0.6) is 0 Å². The van der Waals surface area contributed by atoms with E-state index in [1.54, 1.807) is 0 Å². The first kappa shape index (κ1) is 11.4. The van der Waals surface area contributed by atoms with Crippen LogP contribution in [0, 0.1) is 5.92 Å². The molecule has 2 aliphatic carbocycles. The van der Waals surface area contributed by atoms with Crippen molar-refractivity contribution in [1.29, 1.82) is 0 Å². The predicted octanol–water partition coefficient (Wildman–Crippen LogP) is 2.51. The first-order valence-corrected chi connectivity index (χ1v) is 7.28. The summed E-state index contributed by atoms with van der Waals surface area (Å²) >= 11 is 0. The van der Waals surface area contributed by atoms with Gasteiger partial charge in [0.1, 0.15) is 0 Å². The molecule has 0 bridgehead atoms. The number of hydrogen-bond acceptors (Lipinski definition) is 3. The largest absolute Gasteiger partial charge is 0.370 e. The molecule has 0 spiro atoms. The van der Waals surface area contributed by atoms with Crippen molar-refractivity contribution in [3.63, 3.8) is 0 Å². The Morgan fingerprint density at radius 1 is 1.24 bits per heavy atom. The molecule has 0 aromatic heterocycles. The fourth-order valence-electron chi connectivity index (χ4n) is 3.95. The molecule has 0 aromatic carbocycles. The van der Waals surface area contributed by atoms with E-state index in [4.69, 9.17) is 5.73 Å². The summed E-state index contributed by atoms with van der Waals surface area (Å²) < 4.78 is 0. The smallest absolute Gasteiger partial charge is 0.192 e. The third kappa shape index (κ3) is 1.94. The molecule has 2 fully saturated rings. The van der Waals surface area contributed by atoms with Gasteiger partial charge in [-0.2, -0.15) is 0 Å². The number of rotatable bonds is 3. The molecule has 0 amide bonds. The molecular weight excluding hydrogens is 210 g/mol. The van der Waals surface area contributed by atoms with Crippen molar-refractivity contribution < 1.29 is 0 Å². The molecule has 2 saturated carbocycles. The summed E-state index contributed by atoms with van der Waals surface area (Å²) in [7, 11) is 0. The zero-order chi connectivity index (χ0) is 11.9. The Balaban J connectivity index is 1.73. The Morgan fingerprint density at radius 3 is 2.53 bits per heavy atom. The monoisotopic (exact) mass is 235 g/mol. The van der Waals surface area contributed by atoms with Crippen LogP contribution >= 0.6 is 0 Å². The first-order valence-electron chi connectivity index (χ1n) is 7.28. The van der Waals surface area contributed by atoms with E-state index < -0.39 is 0 Å². The summed E-state index contributed by atoms with van der Waals surface area (Å²) in [6, 6.07) is 0.673. The van der Waals surface area contributed by atoms with Crippen LogP contribution in [0.1, 0.15) is 58.3 Å². The van der Waals surface area contributed by atoms with E-state index in [2.05, 4.69) is 16.8 Å². The molecule has 17 heavy (non-hydrogen) atoms. The van der Waals surface area contributed by atoms with Crippen molar-refractivity contribution in [1.82, 2.24) is 4.90 Å². The lowest BCUT2D eigenvalue weighted by Gasteiger charge is -2.44. The quantitative estimate of drug-likeness (QED) is 0.816. The minimum Gasteiger partial charge on any atom is -0.370 e. The molecular formula is C14H25N3. The zero-order valence-corrected chi connectivity index (χ0v) is 11.0. The highest BCUT2D eigenvalue weighted by Crippen LogP contribution is 2.40. The highest BCUT2D eigenvalue weighted by Gasteiger charge is 2.44. The Labute approximate surface area is 104 Å². The van der Waals surface area contributed by atoms with Crippen molar-refractivity contribution in [2.45, 2.75) is 69.9 Å².